The van der Waals surface area contributed by atoms with Crippen LogP contribution in [0.5, 0.6) is 0 Å². The maximum Gasteiger partial charge on any atom is 0.276 e. The standard InChI is InChI=1S/C19H21N3O2S2/c1-4-6-20-16(23)11-26-19-21-15-5-7-25-17(15)18(24)22(19)14-9-12(2)8-13(3)10-14/h5,7-10H,4,6,11H2,1-3H3,(H,20,23). The van der Waals surface area contributed by atoms with Crippen molar-refractivity contribution in [1.29, 1.82) is 0 Å². The summed E-state index contributed by atoms with van der Waals surface area (Å²) < 4.78 is 2.25. The lowest BCUT2D eigenvalue weighted by atomic mass is 10.1. The summed E-state index contributed by atoms with van der Waals surface area (Å²) in [5, 5.41) is 5.26. The van der Waals surface area contributed by atoms with Crippen molar-refractivity contribution in [3.8, 4) is 5.69 Å². The van der Waals surface area contributed by atoms with E-state index in [1.807, 2.05) is 44.4 Å². The highest BCUT2D eigenvalue weighted by atomic mass is 32.2. The number of carbonyl (C=O) groups excluding carboxylic acids is 1. The smallest absolute Gasteiger partial charge is 0.276 e. The van der Waals surface area contributed by atoms with E-state index < -0.39 is 0 Å². The molecular weight excluding hydrogens is 366 g/mol. The number of hydrogen-bond donors (Lipinski definition) is 1. The number of nitrogens with one attached hydrogen (secondary N) is 1. The zero-order valence-corrected chi connectivity index (χ0v) is 16.7. The molecule has 0 aliphatic heterocycles. The van der Waals surface area contributed by atoms with E-state index in [1.165, 1.54) is 23.1 Å². The van der Waals surface area contributed by atoms with Crippen molar-refractivity contribution >= 4 is 39.2 Å². The molecule has 0 fully saturated rings. The fraction of sp³-hybridized carbons (Fsp3) is 0.316. The summed E-state index contributed by atoms with van der Waals surface area (Å²) in [5.41, 5.74) is 3.53. The highest BCUT2D eigenvalue weighted by Crippen LogP contribution is 2.24. The van der Waals surface area contributed by atoms with Crippen LogP contribution in [0.4, 0.5) is 0 Å². The molecule has 2 aromatic heterocycles. The summed E-state index contributed by atoms with van der Waals surface area (Å²) in [4.78, 5) is 29.7. The van der Waals surface area contributed by atoms with Crippen LogP contribution >= 0.6 is 23.1 Å². The molecule has 0 radical (unpaired) electrons. The number of rotatable bonds is 6. The van der Waals surface area contributed by atoms with Gasteiger partial charge in [-0.1, -0.05) is 24.8 Å². The molecule has 0 aliphatic carbocycles. The van der Waals surface area contributed by atoms with Crippen LogP contribution in [0.2, 0.25) is 0 Å². The molecule has 136 valence electrons. The zero-order chi connectivity index (χ0) is 18.7. The molecule has 0 unspecified atom stereocenters. The first kappa shape index (κ1) is 18.7. The Hall–Kier alpha value is -2.12. The van der Waals surface area contributed by atoms with Crippen LogP contribution in [0.1, 0.15) is 24.5 Å². The summed E-state index contributed by atoms with van der Waals surface area (Å²) in [6.45, 7) is 6.67. The van der Waals surface area contributed by atoms with E-state index in [0.717, 1.165) is 23.2 Å². The number of benzene rings is 1. The van der Waals surface area contributed by atoms with Crippen LogP contribution in [-0.4, -0.2) is 27.8 Å². The van der Waals surface area contributed by atoms with Gasteiger partial charge in [0.2, 0.25) is 5.91 Å². The van der Waals surface area contributed by atoms with Gasteiger partial charge in [-0.25, -0.2) is 4.98 Å². The molecule has 26 heavy (non-hydrogen) atoms. The largest absolute Gasteiger partial charge is 0.355 e. The number of thioether (sulfide) groups is 1. The molecule has 0 aliphatic rings. The average molecular weight is 388 g/mol. The van der Waals surface area contributed by atoms with Gasteiger partial charge in [0.25, 0.3) is 5.56 Å². The molecule has 3 aromatic rings. The maximum atomic E-state index is 13.1. The Balaban J connectivity index is 2.06. The molecule has 1 N–H and O–H groups in total. The van der Waals surface area contributed by atoms with Gasteiger partial charge in [-0.05, 0) is 55.0 Å². The SMILES string of the molecule is CCCNC(=O)CSc1nc2ccsc2c(=O)n1-c1cc(C)cc(C)c1. The van der Waals surface area contributed by atoms with Gasteiger partial charge in [0.15, 0.2) is 5.16 Å². The molecule has 0 atom stereocenters. The van der Waals surface area contributed by atoms with Crippen LogP contribution in [0.15, 0.2) is 39.6 Å². The van der Waals surface area contributed by atoms with E-state index in [4.69, 9.17) is 0 Å². The van der Waals surface area contributed by atoms with Crippen LogP contribution < -0.4 is 10.9 Å². The number of carbonyl (C=O) groups is 1. The molecule has 0 saturated heterocycles. The lowest BCUT2D eigenvalue weighted by molar-refractivity contribution is -0.118. The third-order valence-electron chi connectivity index (χ3n) is 3.82. The Morgan fingerprint density at radius 3 is 2.69 bits per heavy atom. The van der Waals surface area contributed by atoms with Gasteiger partial charge in [0, 0.05) is 6.54 Å². The van der Waals surface area contributed by atoms with Gasteiger partial charge >= 0.3 is 0 Å². The predicted molar refractivity (Wildman–Crippen MR) is 109 cm³/mol. The second-order valence-corrected chi connectivity index (χ2v) is 8.01. The summed E-state index contributed by atoms with van der Waals surface area (Å²) >= 11 is 2.68. The number of aryl methyl sites for hydroxylation is 2. The van der Waals surface area contributed by atoms with Crippen LogP contribution in [-0.2, 0) is 4.79 Å². The topological polar surface area (TPSA) is 64.0 Å². The van der Waals surface area contributed by atoms with E-state index in [1.54, 1.807) is 4.57 Å². The summed E-state index contributed by atoms with van der Waals surface area (Å²) in [6.07, 6.45) is 0.892. The molecule has 1 amide bonds. The Bertz CT molecular complexity index is 987. The van der Waals surface area contributed by atoms with Gasteiger partial charge in [-0.2, -0.15) is 0 Å². The molecule has 2 heterocycles. The van der Waals surface area contributed by atoms with E-state index in [9.17, 15) is 9.59 Å². The Labute approximate surface area is 160 Å². The third-order valence-corrected chi connectivity index (χ3v) is 5.65. The Morgan fingerprint density at radius 1 is 1.27 bits per heavy atom. The molecule has 7 heteroatoms. The third kappa shape index (κ3) is 3.99. The number of aromatic nitrogens is 2. The minimum Gasteiger partial charge on any atom is -0.355 e. The normalized spacial score (nSPS) is 11.0. The number of hydrogen-bond acceptors (Lipinski definition) is 5. The van der Waals surface area contributed by atoms with Gasteiger partial charge in [-0.3, -0.25) is 14.2 Å². The monoisotopic (exact) mass is 387 g/mol. The van der Waals surface area contributed by atoms with E-state index >= 15 is 0 Å². The van der Waals surface area contributed by atoms with Crippen molar-refractivity contribution in [1.82, 2.24) is 14.9 Å². The maximum absolute atomic E-state index is 13.1. The number of fused-ring (bicyclic) bond motifs is 1. The molecular formula is C19H21N3O2S2. The average Bonchev–Trinajstić information content (AvgIpc) is 3.06. The van der Waals surface area contributed by atoms with Gasteiger partial charge in [0.1, 0.15) is 4.70 Å². The number of thiophene rings is 1. The number of nitrogens with zero attached hydrogens (tertiary/aromatic N) is 2. The van der Waals surface area contributed by atoms with Crippen molar-refractivity contribution < 1.29 is 4.79 Å². The first-order valence-electron chi connectivity index (χ1n) is 8.48. The van der Waals surface area contributed by atoms with Crippen LogP contribution in [0.3, 0.4) is 0 Å². The summed E-state index contributed by atoms with van der Waals surface area (Å²) in [5.74, 6) is 0.177. The first-order chi connectivity index (χ1) is 12.5. The molecule has 1 aromatic carbocycles. The minimum atomic E-state index is -0.0912. The number of amides is 1. The Kier molecular flexibility index (Phi) is 5.78. The lowest BCUT2D eigenvalue weighted by Gasteiger charge is -2.13. The van der Waals surface area contributed by atoms with E-state index in [2.05, 4.69) is 16.4 Å². The van der Waals surface area contributed by atoms with E-state index in [0.29, 0.717) is 21.9 Å². The highest BCUT2D eigenvalue weighted by Gasteiger charge is 2.16. The minimum absolute atomic E-state index is 0.0523. The molecule has 0 bridgehead atoms. The predicted octanol–water partition coefficient (Wildman–Crippen LogP) is 3.68. The molecule has 5 nitrogen and oxygen atoms in total. The van der Waals surface area contributed by atoms with Crippen molar-refractivity contribution in [2.24, 2.45) is 0 Å². The molecule has 0 spiro atoms. The molecule has 3 rings (SSSR count). The van der Waals surface area contributed by atoms with E-state index in [-0.39, 0.29) is 17.2 Å². The van der Waals surface area contributed by atoms with Gasteiger partial charge in [0.05, 0.1) is 17.0 Å². The van der Waals surface area contributed by atoms with Crippen LogP contribution in [0, 0.1) is 13.8 Å². The van der Waals surface area contributed by atoms with Gasteiger partial charge in [-0.15, -0.1) is 11.3 Å². The first-order valence-corrected chi connectivity index (χ1v) is 10.3. The van der Waals surface area contributed by atoms with Crippen molar-refractivity contribution in [2.45, 2.75) is 32.3 Å². The lowest BCUT2D eigenvalue weighted by Crippen LogP contribution is -2.27. The second kappa shape index (κ2) is 8.05. The highest BCUT2D eigenvalue weighted by molar-refractivity contribution is 7.99. The van der Waals surface area contributed by atoms with Crippen molar-refractivity contribution in [3.63, 3.8) is 0 Å². The van der Waals surface area contributed by atoms with Crippen LogP contribution in [0.25, 0.3) is 15.9 Å². The Morgan fingerprint density at radius 2 is 2.00 bits per heavy atom. The fourth-order valence-electron chi connectivity index (χ4n) is 2.74. The van der Waals surface area contributed by atoms with Crippen molar-refractivity contribution in [3.05, 3.63) is 51.1 Å². The second-order valence-electron chi connectivity index (χ2n) is 6.15. The molecule has 0 saturated carbocycles. The summed E-state index contributed by atoms with van der Waals surface area (Å²) in [7, 11) is 0. The quantitative estimate of drug-likeness (QED) is 0.518. The summed E-state index contributed by atoms with van der Waals surface area (Å²) in [6, 6.07) is 7.85. The fourth-order valence-corrected chi connectivity index (χ4v) is 4.34. The van der Waals surface area contributed by atoms with Crippen molar-refractivity contribution in [2.75, 3.05) is 12.3 Å². The zero-order valence-electron chi connectivity index (χ0n) is 15.0. The van der Waals surface area contributed by atoms with Gasteiger partial charge < -0.3 is 5.32 Å².